The van der Waals surface area contributed by atoms with E-state index >= 15 is 0 Å². The van der Waals surface area contributed by atoms with Crippen LogP contribution >= 0.6 is 34.4 Å². The van der Waals surface area contributed by atoms with Crippen LogP contribution in [0.2, 0.25) is 0 Å². The fourth-order valence-corrected chi connectivity index (χ4v) is 5.96. The number of rotatable bonds is 13. The van der Waals surface area contributed by atoms with Gasteiger partial charge in [0, 0.05) is 0 Å². The number of carbonyl (C=O) groups excluding carboxylic acids is 1. The lowest BCUT2D eigenvalue weighted by molar-refractivity contribution is -0.114. The Hall–Kier alpha value is -2.86. The van der Waals surface area contributed by atoms with E-state index in [4.69, 9.17) is 19.6 Å². The predicted octanol–water partition coefficient (Wildman–Crippen LogP) is 7.35. The second-order valence-corrected chi connectivity index (χ2v) is 11.9. The smallest absolute Gasteiger partial charge is 0.283 e. The van der Waals surface area contributed by atoms with Crippen molar-refractivity contribution >= 4 is 62.4 Å². The van der Waals surface area contributed by atoms with E-state index in [0.717, 1.165) is 33.6 Å². The largest absolute Gasteiger partial charge is 0.493 e. The van der Waals surface area contributed by atoms with E-state index in [-0.39, 0.29) is 11.4 Å². The highest BCUT2D eigenvalue weighted by Gasteiger charge is 2.35. The van der Waals surface area contributed by atoms with Gasteiger partial charge in [-0.05, 0) is 108 Å². The monoisotopic (exact) mass is 674 g/mol. The summed E-state index contributed by atoms with van der Waals surface area (Å²) in [6, 6.07) is 9.68. The minimum atomic E-state index is -0.444. The van der Waals surface area contributed by atoms with E-state index in [0.29, 0.717) is 35.4 Å². The van der Waals surface area contributed by atoms with Gasteiger partial charge in [0.25, 0.3) is 5.91 Å². The third kappa shape index (κ3) is 7.45. The molecule has 0 saturated carbocycles. The standard InChI is InChI=1S/C30H35IN4O4S/c1-5-6-7-8-9-10-26-34-35-28(32)23(29(36)33-30(35)40-26)16-21-17-24(31)27(25(18-21)37-4)39-14-13-38-22-12-11-19(2)20(3)15-22/h11-12,15-18,32H,5-10,13-14H2,1-4H3/b23-16+,32-28?. The minimum absolute atomic E-state index is 0.0290. The number of hydrogen-bond donors (Lipinski definition) is 1. The fourth-order valence-electron chi connectivity index (χ4n) is 4.25. The Kier molecular flexibility index (Phi) is 10.7. The van der Waals surface area contributed by atoms with Crippen molar-refractivity contribution in [2.75, 3.05) is 20.3 Å². The lowest BCUT2D eigenvalue weighted by Crippen LogP contribution is -2.35. The number of unbranched alkanes of at least 4 members (excludes halogenated alkanes) is 4. The molecule has 0 radical (unpaired) electrons. The highest BCUT2D eigenvalue weighted by atomic mass is 127. The van der Waals surface area contributed by atoms with Gasteiger partial charge in [-0.1, -0.05) is 38.7 Å². The zero-order chi connectivity index (χ0) is 28.6. The second kappa shape index (κ2) is 14.2. The molecular formula is C30H35IN4O4S. The zero-order valence-electron chi connectivity index (χ0n) is 23.4. The molecule has 40 heavy (non-hydrogen) atoms. The average molecular weight is 675 g/mol. The number of amidine groups is 2. The number of carbonyl (C=O) groups is 1. The predicted molar refractivity (Wildman–Crippen MR) is 171 cm³/mol. The van der Waals surface area contributed by atoms with Gasteiger partial charge in [0.1, 0.15) is 24.0 Å². The SMILES string of the molecule is CCCCCCCC1=NN2C(=N)/C(=C\c3cc(I)c(OCCOc4ccc(C)c(C)c4)c(OC)c3)C(=O)N=C2S1. The van der Waals surface area contributed by atoms with E-state index in [1.165, 1.54) is 47.2 Å². The van der Waals surface area contributed by atoms with Gasteiger partial charge in [0.2, 0.25) is 5.17 Å². The molecular weight excluding hydrogens is 639 g/mol. The molecule has 10 heteroatoms. The Morgan fingerprint density at radius 2 is 1.82 bits per heavy atom. The molecule has 1 N–H and O–H groups in total. The molecule has 0 unspecified atom stereocenters. The molecule has 2 aliphatic heterocycles. The third-order valence-corrected chi connectivity index (χ3v) is 8.40. The summed E-state index contributed by atoms with van der Waals surface area (Å²) in [5.74, 6) is 1.52. The number of halogens is 1. The normalized spacial score (nSPS) is 15.7. The van der Waals surface area contributed by atoms with E-state index in [9.17, 15) is 4.79 Å². The highest BCUT2D eigenvalue weighted by molar-refractivity contribution is 14.1. The second-order valence-electron chi connectivity index (χ2n) is 9.66. The van der Waals surface area contributed by atoms with Gasteiger partial charge < -0.3 is 14.2 Å². The summed E-state index contributed by atoms with van der Waals surface area (Å²) in [5, 5.41) is 16.1. The molecule has 0 bridgehead atoms. The number of nitrogens with one attached hydrogen (secondary N) is 1. The van der Waals surface area contributed by atoms with Crippen LogP contribution in [0.5, 0.6) is 17.2 Å². The van der Waals surface area contributed by atoms with Gasteiger partial charge >= 0.3 is 0 Å². The highest BCUT2D eigenvalue weighted by Crippen LogP contribution is 2.36. The van der Waals surface area contributed by atoms with Crippen LogP contribution in [-0.4, -0.2) is 47.3 Å². The molecule has 2 aromatic rings. The maximum absolute atomic E-state index is 12.9. The first-order valence-electron chi connectivity index (χ1n) is 13.5. The van der Waals surface area contributed by atoms with Crippen molar-refractivity contribution < 1.29 is 19.0 Å². The van der Waals surface area contributed by atoms with E-state index in [2.05, 4.69) is 53.5 Å². The molecule has 0 spiro atoms. The van der Waals surface area contributed by atoms with Gasteiger partial charge in [0.05, 0.1) is 16.3 Å². The lowest BCUT2D eigenvalue weighted by Gasteiger charge is -2.20. The van der Waals surface area contributed by atoms with Crippen LogP contribution in [0.25, 0.3) is 6.08 Å². The molecule has 0 fully saturated rings. The van der Waals surface area contributed by atoms with Crippen molar-refractivity contribution in [1.29, 1.82) is 5.41 Å². The van der Waals surface area contributed by atoms with Gasteiger partial charge in [-0.25, -0.2) is 0 Å². The average Bonchev–Trinajstić information content (AvgIpc) is 3.34. The summed E-state index contributed by atoms with van der Waals surface area (Å²) in [6.07, 6.45) is 8.35. The van der Waals surface area contributed by atoms with Crippen LogP contribution < -0.4 is 14.2 Å². The molecule has 0 aliphatic carbocycles. The molecule has 2 aliphatic rings. The molecule has 8 nitrogen and oxygen atoms in total. The van der Waals surface area contributed by atoms with E-state index < -0.39 is 5.91 Å². The molecule has 2 aromatic carbocycles. The number of aliphatic imine (C=N–C) groups is 1. The number of benzene rings is 2. The maximum Gasteiger partial charge on any atom is 0.283 e. The van der Waals surface area contributed by atoms with Crippen LogP contribution in [0.15, 0.2) is 46.0 Å². The van der Waals surface area contributed by atoms with Crippen LogP contribution in [-0.2, 0) is 4.79 Å². The van der Waals surface area contributed by atoms with Crippen LogP contribution in [0.3, 0.4) is 0 Å². The van der Waals surface area contributed by atoms with Crippen molar-refractivity contribution in [3.63, 3.8) is 0 Å². The Balaban J connectivity index is 1.41. The van der Waals surface area contributed by atoms with Crippen LogP contribution in [0.1, 0.15) is 62.1 Å². The van der Waals surface area contributed by atoms with Crippen molar-refractivity contribution in [3.05, 3.63) is 56.2 Å². The number of hydrazone groups is 1. The minimum Gasteiger partial charge on any atom is -0.493 e. The number of aryl methyl sites for hydroxylation is 2. The Morgan fingerprint density at radius 1 is 1.05 bits per heavy atom. The lowest BCUT2D eigenvalue weighted by atomic mass is 10.1. The van der Waals surface area contributed by atoms with Crippen molar-refractivity contribution in [2.24, 2.45) is 10.1 Å². The van der Waals surface area contributed by atoms with Gasteiger partial charge in [-0.3, -0.25) is 10.2 Å². The third-order valence-electron chi connectivity index (χ3n) is 6.63. The number of amides is 1. The first-order chi connectivity index (χ1) is 19.3. The summed E-state index contributed by atoms with van der Waals surface area (Å²) in [6.45, 7) is 7.05. The van der Waals surface area contributed by atoms with Crippen molar-refractivity contribution in [2.45, 2.75) is 59.3 Å². The maximum atomic E-state index is 12.9. The van der Waals surface area contributed by atoms with Crippen molar-refractivity contribution in [3.8, 4) is 17.2 Å². The van der Waals surface area contributed by atoms with E-state index in [1.807, 2.05) is 24.3 Å². The van der Waals surface area contributed by atoms with Gasteiger partial charge in [0.15, 0.2) is 17.3 Å². The molecule has 212 valence electrons. The topological polar surface area (TPSA) is 96.6 Å². The quantitative estimate of drug-likeness (QED) is 0.136. The number of fused-ring (bicyclic) bond motifs is 1. The molecule has 1 amide bonds. The first-order valence-corrected chi connectivity index (χ1v) is 15.4. The molecule has 0 atom stereocenters. The Bertz CT molecular complexity index is 1370. The van der Waals surface area contributed by atoms with Gasteiger partial charge in [-0.2, -0.15) is 15.1 Å². The molecule has 0 aromatic heterocycles. The summed E-state index contributed by atoms with van der Waals surface area (Å²) in [4.78, 5) is 17.1. The number of ether oxygens (including phenoxy) is 3. The van der Waals surface area contributed by atoms with Crippen molar-refractivity contribution in [1.82, 2.24) is 5.01 Å². The number of hydrogen-bond acceptors (Lipinski definition) is 7. The number of thioether (sulfide) groups is 1. The molecule has 2 heterocycles. The Morgan fingerprint density at radius 3 is 2.58 bits per heavy atom. The zero-order valence-corrected chi connectivity index (χ0v) is 26.4. The van der Waals surface area contributed by atoms with E-state index in [1.54, 1.807) is 19.3 Å². The summed E-state index contributed by atoms with van der Waals surface area (Å²) < 4.78 is 18.3. The first kappa shape index (κ1) is 30.1. The fraction of sp³-hybridized carbons (Fsp3) is 0.400. The van der Waals surface area contributed by atoms with Gasteiger partial charge in [-0.15, -0.1) is 0 Å². The summed E-state index contributed by atoms with van der Waals surface area (Å²) in [7, 11) is 1.57. The van der Waals surface area contributed by atoms with Crippen LogP contribution in [0.4, 0.5) is 0 Å². The summed E-state index contributed by atoms with van der Waals surface area (Å²) in [5.41, 5.74) is 3.30. The molecule has 0 saturated heterocycles. The number of nitrogens with zero attached hydrogens (tertiary/aromatic N) is 3. The Labute approximate surface area is 253 Å². The number of methoxy groups -OCH3 is 1. The summed E-state index contributed by atoms with van der Waals surface area (Å²) >= 11 is 3.57. The van der Waals surface area contributed by atoms with Crippen LogP contribution in [0, 0.1) is 22.8 Å². The molecule has 4 rings (SSSR count).